The van der Waals surface area contributed by atoms with Crippen molar-refractivity contribution < 1.29 is 22.8 Å². The first-order chi connectivity index (χ1) is 11.0. The van der Waals surface area contributed by atoms with Gasteiger partial charge < -0.3 is 18.6 Å². The van der Waals surface area contributed by atoms with Crippen molar-refractivity contribution in [1.82, 2.24) is 0 Å². The molecule has 0 saturated carbocycles. The van der Waals surface area contributed by atoms with Crippen LogP contribution in [0.15, 0.2) is 0 Å². The molecule has 0 fully saturated rings. The summed E-state index contributed by atoms with van der Waals surface area (Å²) < 4.78 is 40.6. The number of methoxy groups -OCH3 is 1. The lowest BCUT2D eigenvalue weighted by Crippen LogP contribution is -2.45. The van der Waals surface area contributed by atoms with Gasteiger partial charge in [-0.1, -0.05) is 45.7 Å². The van der Waals surface area contributed by atoms with Gasteiger partial charge in [-0.25, -0.2) is 0 Å². The molecule has 0 aliphatic heterocycles. The molecule has 0 N–H and O–H groups in total. The monoisotopic (exact) mass is 397 g/mol. The molecule has 0 rings (SSSR count). The summed E-state index contributed by atoms with van der Waals surface area (Å²) in [5, 5.41) is -0.904. The maximum absolute atomic E-state index is 11.7. The first-order valence-corrected chi connectivity index (χ1v) is 10.7. The number of hydrogen-bond donors (Lipinski definition) is 0. The zero-order valence-electron chi connectivity index (χ0n) is 17.6. The highest BCUT2D eigenvalue weighted by Gasteiger charge is 2.39. The second-order valence-electron chi connectivity index (χ2n) is 9.44. The summed E-state index contributed by atoms with van der Waals surface area (Å²) in [6, 6.07) is 0. The SMILES string of the molecule is COC(C)(C)COC(C)(C)CCOPC(C)(C)C(S(=O)[O-])C(C)(C)C. The Hall–Kier alpha value is 0.420. The van der Waals surface area contributed by atoms with Crippen molar-refractivity contribution in [3.63, 3.8) is 0 Å². The summed E-state index contributed by atoms with van der Waals surface area (Å²) in [6.45, 7) is 18.8. The van der Waals surface area contributed by atoms with Crippen LogP contribution in [-0.4, -0.2) is 50.7 Å². The zero-order valence-corrected chi connectivity index (χ0v) is 19.5. The van der Waals surface area contributed by atoms with Crippen molar-refractivity contribution in [1.29, 1.82) is 0 Å². The third-order valence-corrected chi connectivity index (χ3v) is 7.19. The standard InChI is InChI=1S/C18H39O5PS/c1-15(2,3)14(25(19)20)18(8,9)24-23-12-11-16(4,5)22-13-17(6,7)21-10/h14,24H,11-13H2,1-10H3,(H,19,20)/p-1. The summed E-state index contributed by atoms with van der Waals surface area (Å²) in [7, 11) is 1.78. The summed E-state index contributed by atoms with van der Waals surface area (Å²) >= 11 is -2.14. The number of hydrogen-bond acceptors (Lipinski definition) is 5. The van der Waals surface area contributed by atoms with Crippen LogP contribution >= 0.6 is 8.81 Å². The van der Waals surface area contributed by atoms with E-state index in [1.54, 1.807) is 7.11 Å². The lowest BCUT2D eigenvalue weighted by atomic mass is 9.85. The minimum atomic E-state index is -2.14. The van der Waals surface area contributed by atoms with Crippen LogP contribution in [0.5, 0.6) is 0 Å². The van der Waals surface area contributed by atoms with Crippen LogP contribution < -0.4 is 0 Å². The summed E-state index contributed by atoms with van der Waals surface area (Å²) in [6.07, 6.45) is 0.733. The quantitative estimate of drug-likeness (QED) is 0.296. The Labute approximate surface area is 159 Å². The molecule has 0 amide bonds. The van der Waals surface area contributed by atoms with Crippen LogP contribution in [0.3, 0.4) is 0 Å². The summed E-state index contributed by atoms with van der Waals surface area (Å²) in [5.74, 6) is 0. The molecule has 0 aliphatic rings. The lowest BCUT2D eigenvalue weighted by Gasteiger charge is -2.43. The summed E-state index contributed by atoms with van der Waals surface area (Å²) in [4.78, 5) is 0. The van der Waals surface area contributed by atoms with E-state index in [1.807, 2.05) is 62.3 Å². The van der Waals surface area contributed by atoms with E-state index in [1.165, 1.54) is 0 Å². The van der Waals surface area contributed by atoms with Crippen LogP contribution in [0.2, 0.25) is 0 Å². The Bertz CT molecular complexity index is 430. The van der Waals surface area contributed by atoms with Crippen molar-refractivity contribution in [2.45, 2.75) is 90.3 Å². The van der Waals surface area contributed by atoms with Gasteiger partial charge in [0.25, 0.3) is 0 Å². The molecule has 5 nitrogen and oxygen atoms in total. The molecule has 152 valence electrons. The third-order valence-electron chi connectivity index (χ3n) is 4.14. The van der Waals surface area contributed by atoms with Gasteiger partial charge in [0.2, 0.25) is 0 Å². The number of rotatable bonds is 11. The van der Waals surface area contributed by atoms with Gasteiger partial charge in [0.05, 0.1) is 24.4 Å². The van der Waals surface area contributed by atoms with Gasteiger partial charge in [-0.05, 0) is 39.5 Å². The van der Waals surface area contributed by atoms with Crippen molar-refractivity contribution in [2.75, 3.05) is 20.3 Å². The van der Waals surface area contributed by atoms with Crippen LogP contribution in [0.1, 0.15) is 68.7 Å². The predicted octanol–water partition coefficient (Wildman–Crippen LogP) is 4.28. The minimum absolute atomic E-state index is 0.109. The van der Waals surface area contributed by atoms with Crippen molar-refractivity contribution >= 4 is 19.9 Å². The fraction of sp³-hybridized carbons (Fsp3) is 1.00. The van der Waals surface area contributed by atoms with E-state index in [4.69, 9.17) is 14.0 Å². The molecule has 0 spiro atoms. The van der Waals surface area contributed by atoms with E-state index in [9.17, 15) is 8.76 Å². The lowest BCUT2D eigenvalue weighted by molar-refractivity contribution is -0.111. The molecule has 3 atom stereocenters. The molecule has 0 saturated heterocycles. The van der Waals surface area contributed by atoms with Crippen molar-refractivity contribution in [3.8, 4) is 0 Å². The molecule has 25 heavy (non-hydrogen) atoms. The average Bonchev–Trinajstić information content (AvgIpc) is 2.39. The maximum Gasteiger partial charge on any atom is 0.0855 e. The van der Waals surface area contributed by atoms with E-state index in [2.05, 4.69) is 0 Å². The molecular formula is C18H38O5PS-. The Morgan fingerprint density at radius 1 is 1.00 bits per heavy atom. The van der Waals surface area contributed by atoms with E-state index in [-0.39, 0.29) is 25.4 Å². The fourth-order valence-corrected chi connectivity index (χ4v) is 5.31. The molecule has 0 aromatic carbocycles. The number of ether oxygens (including phenoxy) is 2. The van der Waals surface area contributed by atoms with Gasteiger partial charge in [-0.2, -0.15) is 0 Å². The van der Waals surface area contributed by atoms with Gasteiger partial charge in [0.15, 0.2) is 0 Å². The smallest absolute Gasteiger partial charge is 0.0855 e. The average molecular weight is 398 g/mol. The van der Waals surface area contributed by atoms with Crippen LogP contribution in [0.4, 0.5) is 0 Å². The molecular weight excluding hydrogens is 359 g/mol. The second-order valence-corrected chi connectivity index (χ2v) is 12.2. The fourth-order valence-electron chi connectivity index (χ4n) is 2.70. The zero-order chi connectivity index (χ0) is 20.1. The topological polar surface area (TPSA) is 67.8 Å². The first kappa shape index (κ1) is 25.4. The van der Waals surface area contributed by atoms with E-state index in [0.29, 0.717) is 13.2 Å². The highest BCUT2D eigenvalue weighted by molar-refractivity contribution is 7.80. The highest BCUT2D eigenvalue weighted by atomic mass is 32.2. The second kappa shape index (κ2) is 9.57. The summed E-state index contributed by atoms with van der Waals surface area (Å²) in [5.41, 5.74) is -0.976. The van der Waals surface area contributed by atoms with Gasteiger partial charge in [0, 0.05) is 26.3 Å². The van der Waals surface area contributed by atoms with Gasteiger partial charge >= 0.3 is 0 Å². The first-order valence-electron chi connectivity index (χ1n) is 8.70. The molecule has 0 bridgehead atoms. The molecule has 7 heteroatoms. The van der Waals surface area contributed by atoms with Crippen molar-refractivity contribution in [2.24, 2.45) is 5.41 Å². The molecule has 0 radical (unpaired) electrons. The Morgan fingerprint density at radius 3 is 1.92 bits per heavy atom. The van der Waals surface area contributed by atoms with Crippen LogP contribution in [-0.2, 0) is 25.1 Å². The molecule has 3 unspecified atom stereocenters. The largest absolute Gasteiger partial charge is 0.772 e. The molecule has 0 aliphatic carbocycles. The Kier molecular flexibility index (Phi) is 9.73. The molecule has 0 aromatic rings. The predicted molar refractivity (Wildman–Crippen MR) is 106 cm³/mol. The van der Waals surface area contributed by atoms with E-state index >= 15 is 0 Å². The Balaban J connectivity index is 4.52. The van der Waals surface area contributed by atoms with Crippen LogP contribution in [0, 0.1) is 5.41 Å². The maximum atomic E-state index is 11.7. The highest BCUT2D eigenvalue weighted by Crippen LogP contribution is 2.44. The molecule has 0 aromatic heterocycles. The normalized spacial score (nSPS) is 17.2. The Morgan fingerprint density at radius 2 is 1.52 bits per heavy atom. The van der Waals surface area contributed by atoms with Gasteiger partial charge in [0.1, 0.15) is 0 Å². The third kappa shape index (κ3) is 9.78. The minimum Gasteiger partial charge on any atom is -0.772 e. The van der Waals surface area contributed by atoms with E-state index in [0.717, 1.165) is 6.42 Å². The van der Waals surface area contributed by atoms with E-state index < -0.39 is 21.5 Å². The van der Waals surface area contributed by atoms with Crippen molar-refractivity contribution in [3.05, 3.63) is 0 Å². The van der Waals surface area contributed by atoms with Crippen LogP contribution in [0.25, 0.3) is 0 Å². The van der Waals surface area contributed by atoms with Gasteiger partial charge in [-0.3, -0.25) is 4.21 Å². The molecule has 0 heterocycles. The van der Waals surface area contributed by atoms with Gasteiger partial charge in [-0.15, -0.1) is 0 Å².